The average molecular weight is 214 g/mol. The minimum atomic E-state index is -0.907. The summed E-state index contributed by atoms with van der Waals surface area (Å²) in [4.78, 5) is 0. The van der Waals surface area contributed by atoms with Crippen LogP contribution < -0.4 is 0 Å². The molecule has 0 aliphatic heterocycles. The van der Waals surface area contributed by atoms with Crippen molar-refractivity contribution in [1.82, 2.24) is 0 Å². The smallest absolute Gasteiger partial charge is 0.159 e. The molecule has 2 atom stereocenters. The summed E-state index contributed by atoms with van der Waals surface area (Å²) in [5.41, 5.74) is 0.439. The van der Waals surface area contributed by atoms with Gasteiger partial charge in [0, 0.05) is 0 Å². The van der Waals surface area contributed by atoms with E-state index in [0.717, 1.165) is 18.6 Å². The molecule has 0 heterocycles. The Morgan fingerprint density at radius 2 is 1.93 bits per heavy atom. The van der Waals surface area contributed by atoms with Crippen molar-refractivity contribution < 1.29 is 13.9 Å². The number of hydrogen-bond donors (Lipinski definition) is 1. The molecule has 0 fully saturated rings. The van der Waals surface area contributed by atoms with Crippen molar-refractivity contribution in [2.75, 3.05) is 0 Å². The highest BCUT2D eigenvalue weighted by Gasteiger charge is 2.13. The van der Waals surface area contributed by atoms with Crippen LogP contribution in [-0.2, 0) is 0 Å². The van der Waals surface area contributed by atoms with E-state index in [1.54, 1.807) is 0 Å². The molecule has 0 spiro atoms. The Balaban J connectivity index is 2.73. The lowest BCUT2D eigenvalue weighted by Crippen LogP contribution is -2.04. The minimum Gasteiger partial charge on any atom is -0.388 e. The van der Waals surface area contributed by atoms with Gasteiger partial charge in [0.15, 0.2) is 11.6 Å². The van der Waals surface area contributed by atoms with Crippen molar-refractivity contribution in [2.24, 2.45) is 5.92 Å². The summed E-state index contributed by atoms with van der Waals surface area (Å²) < 4.78 is 25.5. The molecule has 0 radical (unpaired) electrons. The van der Waals surface area contributed by atoms with Crippen LogP contribution in [0.15, 0.2) is 18.2 Å². The van der Waals surface area contributed by atoms with Crippen LogP contribution in [-0.4, -0.2) is 5.11 Å². The molecule has 15 heavy (non-hydrogen) atoms. The van der Waals surface area contributed by atoms with Gasteiger partial charge in [-0.3, -0.25) is 0 Å². The van der Waals surface area contributed by atoms with Crippen molar-refractivity contribution in [3.8, 4) is 0 Å². The zero-order valence-electron chi connectivity index (χ0n) is 9.00. The first-order chi connectivity index (χ1) is 7.04. The third-order valence-corrected chi connectivity index (χ3v) is 2.65. The maximum absolute atomic E-state index is 12.9. The first kappa shape index (κ1) is 12.1. The van der Waals surface area contributed by atoms with Gasteiger partial charge in [0.05, 0.1) is 6.10 Å². The van der Waals surface area contributed by atoms with E-state index in [0.29, 0.717) is 17.9 Å². The zero-order chi connectivity index (χ0) is 11.4. The van der Waals surface area contributed by atoms with Crippen molar-refractivity contribution in [1.29, 1.82) is 0 Å². The van der Waals surface area contributed by atoms with Crippen LogP contribution in [0.4, 0.5) is 8.78 Å². The lowest BCUT2D eigenvalue weighted by atomic mass is 9.96. The van der Waals surface area contributed by atoms with Gasteiger partial charge >= 0.3 is 0 Å². The van der Waals surface area contributed by atoms with Crippen LogP contribution in [0.1, 0.15) is 38.4 Å². The molecule has 0 aliphatic rings. The summed E-state index contributed by atoms with van der Waals surface area (Å²) in [6.45, 7) is 4.05. The number of hydrogen-bond acceptors (Lipinski definition) is 1. The Hall–Kier alpha value is -0.960. The first-order valence-electron chi connectivity index (χ1n) is 5.17. The Labute approximate surface area is 88.7 Å². The predicted molar refractivity (Wildman–Crippen MR) is 55.4 cm³/mol. The standard InChI is InChI=1S/C12H16F2O/c1-3-8(2)6-12(15)9-4-5-10(13)11(14)7-9/h4-5,7-8,12,15H,3,6H2,1-2H3. The topological polar surface area (TPSA) is 20.2 Å². The second-order valence-electron chi connectivity index (χ2n) is 3.94. The van der Waals surface area contributed by atoms with E-state index in [1.807, 2.05) is 13.8 Å². The summed E-state index contributed by atoms with van der Waals surface area (Å²) in [6.07, 6.45) is 0.817. The van der Waals surface area contributed by atoms with Gasteiger partial charge in [-0.05, 0) is 30.0 Å². The zero-order valence-corrected chi connectivity index (χ0v) is 9.00. The Morgan fingerprint density at radius 3 is 2.47 bits per heavy atom. The van der Waals surface area contributed by atoms with E-state index in [-0.39, 0.29) is 0 Å². The van der Waals surface area contributed by atoms with Crippen LogP contribution in [0, 0.1) is 17.6 Å². The number of rotatable bonds is 4. The van der Waals surface area contributed by atoms with Gasteiger partial charge in [0.25, 0.3) is 0 Å². The highest BCUT2D eigenvalue weighted by Crippen LogP contribution is 2.23. The molecule has 1 nitrogen and oxygen atoms in total. The highest BCUT2D eigenvalue weighted by molar-refractivity contribution is 5.19. The minimum absolute atomic E-state index is 0.369. The SMILES string of the molecule is CCC(C)CC(O)c1ccc(F)c(F)c1. The molecule has 1 N–H and O–H groups in total. The van der Waals surface area contributed by atoms with Gasteiger partial charge < -0.3 is 5.11 Å². The van der Waals surface area contributed by atoms with Gasteiger partial charge in [-0.25, -0.2) is 8.78 Å². The summed E-state index contributed by atoms with van der Waals surface area (Å²) in [5.74, 6) is -1.42. The molecule has 1 aromatic carbocycles. The molecule has 0 amide bonds. The van der Waals surface area contributed by atoms with Crippen LogP contribution in [0.25, 0.3) is 0 Å². The molecule has 0 aromatic heterocycles. The normalized spacial score (nSPS) is 15.0. The lowest BCUT2D eigenvalue weighted by molar-refractivity contribution is 0.146. The lowest BCUT2D eigenvalue weighted by Gasteiger charge is -2.15. The predicted octanol–water partition coefficient (Wildman–Crippen LogP) is 3.43. The van der Waals surface area contributed by atoms with Gasteiger partial charge in [0.2, 0.25) is 0 Å². The second kappa shape index (κ2) is 5.21. The molecule has 0 bridgehead atoms. The fourth-order valence-corrected chi connectivity index (χ4v) is 1.40. The van der Waals surface area contributed by atoms with Gasteiger partial charge in [-0.15, -0.1) is 0 Å². The largest absolute Gasteiger partial charge is 0.388 e. The van der Waals surface area contributed by atoms with Crippen LogP contribution in [0.3, 0.4) is 0 Å². The van der Waals surface area contributed by atoms with E-state index in [2.05, 4.69) is 0 Å². The molecule has 1 aromatic rings. The summed E-state index contributed by atoms with van der Waals surface area (Å²) in [6, 6.07) is 3.53. The number of aliphatic hydroxyl groups is 1. The molecule has 2 unspecified atom stereocenters. The molecule has 1 rings (SSSR count). The summed E-state index contributed by atoms with van der Waals surface area (Å²) in [5, 5.41) is 9.75. The fourth-order valence-electron chi connectivity index (χ4n) is 1.40. The van der Waals surface area contributed by atoms with E-state index in [4.69, 9.17) is 0 Å². The van der Waals surface area contributed by atoms with E-state index in [1.165, 1.54) is 6.07 Å². The van der Waals surface area contributed by atoms with E-state index >= 15 is 0 Å². The molecule has 0 saturated carbocycles. The summed E-state index contributed by atoms with van der Waals surface area (Å²) >= 11 is 0. The molecular weight excluding hydrogens is 198 g/mol. The molecule has 0 aliphatic carbocycles. The van der Waals surface area contributed by atoms with Crippen LogP contribution in [0.5, 0.6) is 0 Å². The molecular formula is C12H16F2O. The maximum Gasteiger partial charge on any atom is 0.159 e. The number of halogens is 2. The number of benzene rings is 1. The van der Waals surface area contributed by atoms with Crippen LogP contribution in [0.2, 0.25) is 0 Å². The van der Waals surface area contributed by atoms with Crippen molar-refractivity contribution in [3.05, 3.63) is 35.4 Å². The van der Waals surface area contributed by atoms with Gasteiger partial charge in [0.1, 0.15) is 0 Å². The maximum atomic E-state index is 12.9. The Kier molecular flexibility index (Phi) is 4.21. The quantitative estimate of drug-likeness (QED) is 0.814. The van der Waals surface area contributed by atoms with Gasteiger partial charge in [-0.2, -0.15) is 0 Å². The Morgan fingerprint density at radius 1 is 1.27 bits per heavy atom. The molecule has 84 valence electrons. The third kappa shape index (κ3) is 3.27. The van der Waals surface area contributed by atoms with E-state index < -0.39 is 17.7 Å². The third-order valence-electron chi connectivity index (χ3n) is 2.65. The molecule has 3 heteroatoms. The van der Waals surface area contributed by atoms with Crippen molar-refractivity contribution in [3.63, 3.8) is 0 Å². The highest BCUT2D eigenvalue weighted by atomic mass is 19.2. The number of aliphatic hydroxyl groups excluding tert-OH is 1. The summed E-state index contributed by atoms with van der Waals surface area (Å²) in [7, 11) is 0. The average Bonchev–Trinajstić information content (AvgIpc) is 2.21. The van der Waals surface area contributed by atoms with Crippen molar-refractivity contribution in [2.45, 2.75) is 32.8 Å². The second-order valence-corrected chi connectivity index (χ2v) is 3.94. The van der Waals surface area contributed by atoms with E-state index in [9.17, 15) is 13.9 Å². The Bertz CT molecular complexity index is 325. The monoisotopic (exact) mass is 214 g/mol. The van der Waals surface area contributed by atoms with Crippen molar-refractivity contribution >= 4 is 0 Å². The first-order valence-corrected chi connectivity index (χ1v) is 5.17. The van der Waals surface area contributed by atoms with Crippen LogP contribution >= 0.6 is 0 Å². The van der Waals surface area contributed by atoms with Gasteiger partial charge in [-0.1, -0.05) is 26.3 Å². The molecule has 0 saturated heterocycles. The fraction of sp³-hybridized carbons (Fsp3) is 0.500.